The van der Waals surface area contributed by atoms with E-state index in [-0.39, 0.29) is 0 Å². The van der Waals surface area contributed by atoms with Crippen LogP contribution in [0.3, 0.4) is 0 Å². The Morgan fingerprint density at radius 3 is 2.00 bits per heavy atom. The molecular weight excluding hydrogens is 116 g/mol. The van der Waals surface area contributed by atoms with Gasteiger partial charge in [-0.2, -0.15) is 0 Å². The lowest BCUT2D eigenvalue weighted by Crippen LogP contribution is -1.98. The largest absolute Gasteiger partial charge is 0.478 e. The van der Waals surface area contributed by atoms with E-state index in [1.807, 2.05) is 13.8 Å². The summed E-state index contributed by atoms with van der Waals surface area (Å²) in [5.74, 6) is -0.811. The molecule has 0 bridgehead atoms. The molecule has 0 saturated heterocycles. The van der Waals surface area contributed by atoms with Crippen molar-refractivity contribution in [1.29, 1.82) is 0 Å². The normalized spacial score (nSPS) is 12.8. The van der Waals surface area contributed by atoms with Gasteiger partial charge in [0.1, 0.15) is 0 Å². The summed E-state index contributed by atoms with van der Waals surface area (Å²) in [5.41, 5.74) is 1.42. The van der Waals surface area contributed by atoms with Crippen LogP contribution < -0.4 is 0 Å². The van der Waals surface area contributed by atoms with Gasteiger partial charge in [0.2, 0.25) is 0 Å². The fourth-order valence-corrected chi connectivity index (χ4v) is 0.448. The minimum Gasteiger partial charge on any atom is -0.478 e. The minimum atomic E-state index is -0.811. The number of hydrogen-bond acceptors (Lipinski definition) is 1. The number of carboxylic acid groups (broad SMARTS) is 1. The molecule has 0 amide bonds. The average molecular weight is 128 g/mol. The number of carbonyl (C=O) groups is 1. The van der Waals surface area contributed by atoms with Crippen LogP contribution in [0, 0.1) is 0 Å². The molecule has 2 heteroatoms. The fraction of sp³-hybridized carbons (Fsp3) is 0.571. The van der Waals surface area contributed by atoms with Gasteiger partial charge in [-0.3, -0.25) is 0 Å². The molecule has 1 N–H and O–H groups in total. The zero-order valence-electron chi connectivity index (χ0n) is 6.06. The number of rotatable bonds is 2. The molecule has 9 heavy (non-hydrogen) atoms. The topological polar surface area (TPSA) is 37.3 Å². The lowest BCUT2D eigenvalue weighted by atomic mass is 10.1. The second kappa shape index (κ2) is 3.28. The fourth-order valence-electron chi connectivity index (χ4n) is 0.448. The highest BCUT2D eigenvalue weighted by molar-refractivity contribution is 5.86. The summed E-state index contributed by atoms with van der Waals surface area (Å²) in [6.07, 6.45) is 0.818. The second-order valence-corrected chi connectivity index (χ2v) is 2.06. The molecule has 0 fully saturated rings. The second-order valence-electron chi connectivity index (χ2n) is 2.06. The first-order valence-corrected chi connectivity index (χ1v) is 2.99. The van der Waals surface area contributed by atoms with E-state index in [0.29, 0.717) is 5.57 Å². The molecule has 0 unspecified atom stereocenters. The Balaban J connectivity index is 4.28. The molecule has 0 spiro atoms. The van der Waals surface area contributed by atoms with E-state index >= 15 is 0 Å². The highest BCUT2D eigenvalue weighted by Crippen LogP contribution is 2.05. The zero-order chi connectivity index (χ0) is 7.44. The molecule has 52 valence electrons. The number of hydrogen-bond donors (Lipinski definition) is 1. The predicted molar refractivity (Wildman–Crippen MR) is 36.3 cm³/mol. The van der Waals surface area contributed by atoms with Crippen LogP contribution in [0.15, 0.2) is 11.1 Å². The maximum atomic E-state index is 10.2. The van der Waals surface area contributed by atoms with Gasteiger partial charge in [-0.1, -0.05) is 12.5 Å². The molecule has 0 radical (unpaired) electrons. The van der Waals surface area contributed by atoms with Crippen molar-refractivity contribution in [2.45, 2.75) is 27.2 Å². The van der Waals surface area contributed by atoms with Gasteiger partial charge in [-0.15, -0.1) is 0 Å². The van der Waals surface area contributed by atoms with E-state index in [1.165, 1.54) is 0 Å². The van der Waals surface area contributed by atoms with Crippen molar-refractivity contribution in [1.82, 2.24) is 0 Å². The van der Waals surface area contributed by atoms with Crippen molar-refractivity contribution >= 4 is 5.97 Å². The van der Waals surface area contributed by atoms with E-state index in [0.717, 1.165) is 12.0 Å². The predicted octanol–water partition coefficient (Wildman–Crippen LogP) is 1.82. The molecule has 0 aliphatic carbocycles. The lowest BCUT2D eigenvalue weighted by Gasteiger charge is -1.97. The Bertz CT molecular complexity index is 145. The highest BCUT2D eigenvalue weighted by Gasteiger charge is 2.01. The Labute approximate surface area is 55.2 Å². The molecule has 0 aliphatic heterocycles. The van der Waals surface area contributed by atoms with Gasteiger partial charge in [0.25, 0.3) is 0 Å². The summed E-state index contributed by atoms with van der Waals surface area (Å²) in [5, 5.41) is 8.43. The summed E-state index contributed by atoms with van der Waals surface area (Å²) in [7, 11) is 0. The van der Waals surface area contributed by atoms with Crippen LogP contribution in [0.25, 0.3) is 0 Å². The van der Waals surface area contributed by atoms with Crippen LogP contribution in [-0.4, -0.2) is 11.1 Å². The lowest BCUT2D eigenvalue weighted by molar-refractivity contribution is -0.132. The average Bonchev–Trinajstić information content (AvgIpc) is 1.84. The molecular formula is C7H12O2. The first-order chi connectivity index (χ1) is 4.09. The third-order valence-electron chi connectivity index (χ3n) is 1.49. The molecule has 0 aliphatic rings. The zero-order valence-corrected chi connectivity index (χ0v) is 6.06. The van der Waals surface area contributed by atoms with Crippen molar-refractivity contribution in [3.05, 3.63) is 11.1 Å². The first-order valence-electron chi connectivity index (χ1n) is 2.99. The molecule has 0 atom stereocenters. The summed E-state index contributed by atoms with van der Waals surface area (Å²) >= 11 is 0. The maximum Gasteiger partial charge on any atom is 0.331 e. The number of allylic oxidation sites excluding steroid dienone is 1. The van der Waals surface area contributed by atoms with Gasteiger partial charge in [-0.05, 0) is 20.3 Å². The molecule has 0 saturated carbocycles. The monoisotopic (exact) mass is 128 g/mol. The van der Waals surface area contributed by atoms with Gasteiger partial charge >= 0.3 is 5.97 Å². The van der Waals surface area contributed by atoms with Gasteiger partial charge in [0, 0.05) is 5.57 Å². The first kappa shape index (κ1) is 8.21. The Morgan fingerprint density at radius 2 is 1.89 bits per heavy atom. The van der Waals surface area contributed by atoms with Gasteiger partial charge < -0.3 is 5.11 Å². The molecule has 0 aromatic carbocycles. The van der Waals surface area contributed by atoms with Crippen LogP contribution in [-0.2, 0) is 4.79 Å². The molecule has 0 aromatic rings. The standard InChI is InChI=1S/C7H12O2/c1-4-5(2)6(3)7(8)9/h4H2,1-3H3,(H,8,9)/b6-5+. The van der Waals surface area contributed by atoms with Crippen LogP contribution in [0.4, 0.5) is 0 Å². The Hall–Kier alpha value is -0.790. The summed E-state index contributed by atoms with van der Waals surface area (Å²) in [6.45, 7) is 5.41. The molecule has 0 rings (SSSR count). The number of aliphatic carboxylic acids is 1. The van der Waals surface area contributed by atoms with Crippen LogP contribution in [0.1, 0.15) is 27.2 Å². The maximum absolute atomic E-state index is 10.2. The van der Waals surface area contributed by atoms with E-state index in [1.54, 1.807) is 6.92 Å². The molecule has 0 heterocycles. The van der Waals surface area contributed by atoms with E-state index in [4.69, 9.17) is 5.11 Å². The Kier molecular flexibility index (Phi) is 2.99. The quantitative estimate of drug-likeness (QED) is 0.576. The van der Waals surface area contributed by atoms with Gasteiger partial charge in [-0.25, -0.2) is 4.79 Å². The molecule has 2 nitrogen and oxygen atoms in total. The number of carboxylic acids is 1. The van der Waals surface area contributed by atoms with Crippen LogP contribution in [0.5, 0.6) is 0 Å². The molecule has 0 aromatic heterocycles. The van der Waals surface area contributed by atoms with E-state index < -0.39 is 5.97 Å². The summed E-state index contributed by atoms with van der Waals surface area (Å²) in [4.78, 5) is 10.2. The highest BCUT2D eigenvalue weighted by atomic mass is 16.4. The van der Waals surface area contributed by atoms with Gasteiger partial charge in [0.15, 0.2) is 0 Å². The van der Waals surface area contributed by atoms with Crippen LogP contribution >= 0.6 is 0 Å². The summed E-state index contributed by atoms with van der Waals surface area (Å²) in [6, 6.07) is 0. The van der Waals surface area contributed by atoms with Crippen LogP contribution in [0.2, 0.25) is 0 Å². The van der Waals surface area contributed by atoms with E-state index in [2.05, 4.69) is 0 Å². The smallest absolute Gasteiger partial charge is 0.331 e. The van der Waals surface area contributed by atoms with E-state index in [9.17, 15) is 4.79 Å². The van der Waals surface area contributed by atoms with Crippen molar-refractivity contribution in [2.24, 2.45) is 0 Å². The van der Waals surface area contributed by atoms with Crippen molar-refractivity contribution in [3.8, 4) is 0 Å². The van der Waals surface area contributed by atoms with Crippen molar-refractivity contribution < 1.29 is 9.90 Å². The van der Waals surface area contributed by atoms with Gasteiger partial charge in [0.05, 0.1) is 0 Å². The van der Waals surface area contributed by atoms with Crippen molar-refractivity contribution in [2.75, 3.05) is 0 Å². The van der Waals surface area contributed by atoms with Crippen molar-refractivity contribution in [3.63, 3.8) is 0 Å². The minimum absolute atomic E-state index is 0.470. The third kappa shape index (κ3) is 2.31. The summed E-state index contributed by atoms with van der Waals surface area (Å²) < 4.78 is 0. The Morgan fingerprint density at radius 1 is 1.44 bits per heavy atom. The SMILES string of the molecule is CC/C(C)=C(\C)C(=O)O. The third-order valence-corrected chi connectivity index (χ3v) is 1.49.